The number of carbonyl (C=O) groups is 2. The van der Waals surface area contributed by atoms with Crippen LogP contribution in [0.15, 0.2) is 103 Å². The molecule has 0 fully saturated rings. The molecule has 4 aliphatic rings. The van der Waals surface area contributed by atoms with Crippen molar-refractivity contribution >= 4 is 34.0 Å². The first-order valence-corrected chi connectivity index (χ1v) is 17.1. The minimum absolute atomic E-state index is 0. The van der Waals surface area contributed by atoms with Crippen molar-refractivity contribution in [1.82, 2.24) is 0 Å². The van der Waals surface area contributed by atoms with Crippen LogP contribution in [0.2, 0.25) is 0 Å². The molecule has 56 heavy (non-hydrogen) atoms. The smallest absolute Gasteiger partial charge is 0.217 e. The predicted molar refractivity (Wildman–Crippen MR) is 213 cm³/mol. The van der Waals surface area contributed by atoms with E-state index in [0.29, 0.717) is 66.4 Å². The molecule has 0 aromatic heterocycles. The van der Waals surface area contributed by atoms with Gasteiger partial charge in [-0.05, 0) is 104 Å². The Labute approximate surface area is 319 Å². The molecule has 0 radical (unpaired) electrons. The largest absolute Gasteiger partial charge is 0.508 e. The highest BCUT2D eigenvalue weighted by molar-refractivity contribution is 6.05. The maximum Gasteiger partial charge on any atom is 0.217 e. The molecular weight excluding hydrogens is 718 g/mol. The third kappa shape index (κ3) is 6.81. The number of phenols is 2. The summed E-state index contributed by atoms with van der Waals surface area (Å²) in [5, 5.41) is 21.5. The number of halogens is 2. The van der Waals surface area contributed by atoms with Crippen molar-refractivity contribution < 1.29 is 37.4 Å². The van der Waals surface area contributed by atoms with E-state index in [1.165, 1.54) is 31.2 Å². The molecule has 0 amide bonds. The van der Waals surface area contributed by atoms with Crippen molar-refractivity contribution in [3.63, 3.8) is 0 Å². The second-order valence-electron chi connectivity index (χ2n) is 13.6. The van der Waals surface area contributed by atoms with Crippen molar-refractivity contribution in [3.05, 3.63) is 150 Å². The van der Waals surface area contributed by atoms with Gasteiger partial charge in [-0.25, -0.2) is 8.78 Å². The zero-order chi connectivity index (χ0) is 39.5. The van der Waals surface area contributed by atoms with Crippen molar-refractivity contribution in [1.29, 1.82) is 0 Å². The molecule has 0 saturated carbocycles. The van der Waals surface area contributed by atoms with Gasteiger partial charge in [0.15, 0.2) is 17.4 Å². The number of aromatic hydroxyl groups is 2. The lowest BCUT2D eigenvalue weighted by atomic mass is 9.89. The van der Waals surface area contributed by atoms with Crippen LogP contribution < -0.4 is 10.9 Å². The summed E-state index contributed by atoms with van der Waals surface area (Å²) in [6, 6.07) is 21.6. The lowest BCUT2D eigenvalue weighted by Crippen LogP contribution is -2.07. The third-order valence-corrected chi connectivity index (χ3v) is 9.74. The Morgan fingerprint density at radius 2 is 1.04 bits per heavy atom. The Bertz CT molecular complexity index is 2960. The number of phenolic OH excluding ortho intramolecular Hbond substituents is 2. The summed E-state index contributed by atoms with van der Waals surface area (Å²) in [5.74, 6) is -1.19. The summed E-state index contributed by atoms with van der Waals surface area (Å²) in [7, 11) is 0. The number of benzene rings is 6. The van der Waals surface area contributed by atoms with Crippen LogP contribution in [0.3, 0.4) is 0 Å². The van der Waals surface area contributed by atoms with E-state index in [9.17, 15) is 38.2 Å². The van der Waals surface area contributed by atoms with Crippen molar-refractivity contribution in [2.24, 2.45) is 0 Å². The molecule has 10 heteroatoms. The number of fused-ring (bicyclic) bond motifs is 4. The van der Waals surface area contributed by atoms with Crippen LogP contribution in [-0.2, 0) is 0 Å². The molecule has 0 bridgehead atoms. The summed E-state index contributed by atoms with van der Waals surface area (Å²) in [6.45, 7) is 8.74. The average Bonchev–Trinajstić information content (AvgIpc) is 3.13. The summed E-state index contributed by atoms with van der Waals surface area (Å²) < 4.78 is 39.8. The number of rotatable bonds is 4. The molecule has 0 spiro atoms. The first-order valence-electron chi connectivity index (χ1n) is 17.1. The number of hydrogen-bond acceptors (Lipinski definition) is 8. The predicted octanol–water partition coefficient (Wildman–Crippen LogP) is 10.7. The zero-order valence-corrected chi connectivity index (χ0v) is 30.3. The molecule has 8 nitrogen and oxygen atoms in total. The Kier molecular flexibility index (Phi) is 10.2. The maximum absolute atomic E-state index is 14.1. The van der Waals surface area contributed by atoms with E-state index < -0.39 is 22.5 Å². The van der Waals surface area contributed by atoms with Crippen LogP contribution in [-0.4, -0.2) is 22.3 Å². The zero-order valence-electron chi connectivity index (χ0n) is 30.3. The van der Waals surface area contributed by atoms with Gasteiger partial charge < -0.3 is 19.0 Å². The van der Waals surface area contributed by atoms with Crippen molar-refractivity contribution in [2.75, 3.05) is 0 Å². The van der Waals surface area contributed by atoms with Gasteiger partial charge in [0.2, 0.25) is 10.9 Å². The second-order valence-corrected chi connectivity index (χ2v) is 13.6. The minimum atomic E-state index is -0.865. The Balaban J connectivity index is 0.000000187. The van der Waals surface area contributed by atoms with Crippen molar-refractivity contribution in [2.45, 2.75) is 42.0 Å². The molecule has 8 rings (SSSR count). The van der Waals surface area contributed by atoms with Crippen LogP contribution in [0, 0.1) is 39.3 Å². The summed E-state index contributed by atoms with van der Waals surface area (Å²) >= 11 is 0. The highest BCUT2D eigenvalue weighted by atomic mass is 19.1. The molecule has 2 aliphatic carbocycles. The van der Waals surface area contributed by atoms with E-state index in [1.54, 1.807) is 56.3 Å². The fraction of sp³-hybridized carbons (Fsp3) is 0.130. The van der Waals surface area contributed by atoms with E-state index >= 15 is 0 Å². The van der Waals surface area contributed by atoms with Gasteiger partial charge >= 0.3 is 0 Å². The van der Waals surface area contributed by atoms with E-state index in [1.807, 2.05) is 19.9 Å². The van der Waals surface area contributed by atoms with Gasteiger partial charge in [-0.3, -0.25) is 19.2 Å². The van der Waals surface area contributed by atoms with Crippen LogP contribution >= 0.6 is 0 Å². The average molecular weight is 755 g/mol. The summed E-state index contributed by atoms with van der Waals surface area (Å²) in [4.78, 5) is 46.3. The fourth-order valence-corrected chi connectivity index (χ4v) is 6.85. The van der Waals surface area contributed by atoms with Gasteiger partial charge in [0.25, 0.3) is 0 Å². The van der Waals surface area contributed by atoms with Gasteiger partial charge in [0.1, 0.15) is 40.5 Å². The van der Waals surface area contributed by atoms with Crippen LogP contribution in [0.4, 0.5) is 8.78 Å². The monoisotopic (exact) mass is 754 g/mol. The van der Waals surface area contributed by atoms with Gasteiger partial charge in [-0.1, -0.05) is 31.7 Å². The second kappa shape index (κ2) is 14.7. The number of aryl methyl sites for hydroxylation is 4. The lowest BCUT2D eigenvalue weighted by molar-refractivity contribution is 0.101. The van der Waals surface area contributed by atoms with Gasteiger partial charge in [-0.15, -0.1) is 0 Å². The molecule has 282 valence electrons. The van der Waals surface area contributed by atoms with Gasteiger partial charge in [0.05, 0.1) is 0 Å². The number of ketones is 1. The minimum Gasteiger partial charge on any atom is -0.508 e. The highest BCUT2D eigenvalue weighted by Gasteiger charge is 2.23. The Morgan fingerprint density at radius 3 is 1.45 bits per heavy atom. The Hall–Kier alpha value is -6.94. The maximum atomic E-state index is 14.1. The van der Waals surface area contributed by atoms with E-state index in [-0.39, 0.29) is 36.2 Å². The summed E-state index contributed by atoms with van der Waals surface area (Å²) in [6.07, 6.45) is 0.763. The number of hydrogen-bond donors (Lipinski definition) is 2. The molecule has 4 aromatic rings. The quantitative estimate of drug-likeness (QED) is 0.103. The SMILES string of the molecule is C.CC(=O)c1ccc(-c2c3cc(F)c(=O)cc-3oc3cc(O)c(C)cc23)c(C)c1.Cc1cc2c(-c3ccc(C=O)cc3C)c3cc(F)c(=O)cc-3oc2cc1O. The van der Waals surface area contributed by atoms with E-state index in [2.05, 4.69) is 0 Å². The number of Topliss-reactive ketones (excluding diaryl/α,β-unsaturated/α-hetero) is 1. The highest BCUT2D eigenvalue weighted by Crippen LogP contribution is 2.44. The first-order chi connectivity index (χ1) is 26.1. The van der Waals surface area contributed by atoms with E-state index in [0.717, 1.165) is 40.7 Å². The molecule has 2 aliphatic heterocycles. The van der Waals surface area contributed by atoms with E-state index in [4.69, 9.17) is 8.83 Å². The van der Waals surface area contributed by atoms with Gasteiger partial charge in [-0.2, -0.15) is 0 Å². The number of carbonyl (C=O) groups excluding carboxylic acids is 2. The number of aldehydes is 1. The first kappa shape index (κ1) is 38.8. The summed E-state index contributed by atoms with van der Waals surface area (Å²) in [5.41, 5.74) is 7.14. The normalized spacial score (nSPS) is 11.1. The molecule has 0 saturated heterocycles. The molecule has 2 heterocycles. The third-order valence-electron chi connectivity index (χ3n) is 9.74. The molecule has 2 N–H and O–H groups in total. The van der Waals surface area contributed by atoms with Crippen LogP contribution in [0.25, 0.3) is 66.8 Å². The lowest BCUT2D eigenvalue weighted by Gasteiger charge is -2.18. The fourth-order valence-electron chi connectivity index (χ4n) is 6.85. The molecule has 0 atom stereocenters. The topological polar surface area (TPSA) is 135 Å². The molecule has 0 unspecified atom stereocenters. The standard InChI is InChI=1S/C23H17FO4.C22H15FO4.CH4/c1-11-6-14(13(3)25)4-5-15(11)23-16-7-12(2)19(26)9-21(16)28-22-10-20(27)18(24)8-17(22)23;1-11-5-13(10-24)3-4-14(11)22-15-6-12(2)18(25)8-20(15)27-21-9-19(26)17(23)7-16(21)22;/h4-10,26H,1-3H3;3-10,25H,1-2H3;1H4. The molecule has 4 aromatic carbocycles. The van der Waals surface area contributed by atoms with Crippen molar-refractivity contribution in [3.8, 4) is 56.4 Å². The molecular formula is C46H36F2O8. The van der Waals surface area contributed by atoms with Crippen LogP contribution in [0.5, 0.6) is 11.5 Å². The Morgan fingerprint density at radius 1 is 0.589 bits per heavy atom. The van der Waals surface area contributed by atoms with Gasteiger partial charge in [0, 0.05) is 68.4 Å². The van der Waals surface area contributed by atoms with Crippen LogP contribution in [0.1, 0.15) is 57.3 Å².